The molecule has 0 aromatic carbocycles. The van der Waals surface area contributed by atoms with Crippen molar-refractivity contribution in [1.29, 1.82) is 0 Å². The van der Waals surface area contributed by atoms with E-state index < -0.39 is 17.7 Å². The highest BCUT2D eigenvalue weighted by Gasteiger charge is 2.32. The summed E-state index contributed by atoms with van der Waals surface area (Å²) in [5.41, 5.74) is -0.912. The lowest BCUT2D eigenvalue weighted by Crippen LogP contribution is -2.02. The van der Waals surface area contributed by atoms with E-state index in [9.17, 15) is 18.0 Å². The quantitative estimate of drug-likeness (QED) is 0.749. The Morgan fingerprint density at radius 1 is 1.50 bits per heavy atom. The maximum absolute atomic E-state index is 11.9. The molecule has 2 nitrogen and oxygen atoms in total. The predicted octanol–water partition coefficient (Wildman–Crippen LogP) is 2.47. The van der Waals surface area contributed by atoms with Crippen LogP contribution in [0.5, 0.6) is 0 Å². The van der Waals surface area contributed by atoms with Crippen LogP contribution in [0.4, 0.5) is 13.2 Å². The van der Waals surface area contributed by atoms with Gasteiger partial charge in [0.2, 0.25) is 0 Å². The molecule has 6 heteroatoms. The van der Waals surface area contributed by atoms with Crippen LogP contribution in [0.2, 0.25) is 0 Å². The third-order valence-corrected chi connectivity index (χ3v) is 2.06. The lowest BCUT2D eigenvalue weighted by atomic mass is 10.3. The lowest BCUT2D eigenvalue weighted by molar-refractivity contribution is -0.137. The second-order valence-electron chi connectivity index (χ2n) is 2.00. The summed E-state index contributed by atoms with van der Waals surface area (Å²) in [5, 5.41) is 9.09. The number of aromatic carboxylic acids is 1. The molecule has 0 aliphatic heterocycles. The van der Waals surface area contributed by atoms with Gasteiger partial charge in [0.1, 0.15) is 4.88 Å². The van der Waals surface area contributed by atoms with E-state index in [0.717, 1.165) is 5.38 Å². The van der Waals surface area contributed by atoms with Crippen molar-refractivity contribution < 1.29 is 23.1 Å². The fourth-order valence-electron chi connectivity index (χ4n) is 0.597. The van der Waals surface area contributed by atoms with E-state index in [1.54, 1.807) is 0 Å². The molecule has 12 heavy (non-hydrogen) atoms. The molecule has 0 atom stereocenters. The van der Waals surface area contributed by atoms with E-state index in [4.69, 9.17) is 5.11 Å². The summed E-state index contributed by atoms with van der Waals surface area (Å²) in [5.74, 6) is -1.34. The van der Waals surface area contributed by atoms with Gasteiger partial charge in [-0.15, -0.1) is 11.3 Å². The van der Waals surface area contributed by atoms with Crippen molar-refractivity contribution in [3.8, 4) is 0 Å². The molecule has 66 valence electrons. The Hall–Kier alpha value is -1.04. The van der Waals surface area contributed by atoms with Crippen molar-refractivity contribution in [2.45, 2.75) is 6.18 Å². The second kappa shape index (κ2) is 2.78. The predicted molar refractivity (Wildman–Crippen MR) is 36.3 cm³/mol. The van der Waals surface area contributed by atoms with Crippen molar-refractivity contribution >= 4 is 17.3 Å². The van der Waals surface area contributed by atoms with Crippen LogP contribution in [0.3, 0.4) is 0 Å². The molecule has 1 rings (SSSR count). The molecule has 0 aliphatic carbocycles. The maximum Gasteiger partial charge on any atom is 0.417 e. The SMILES string of the molecule is O=C(O)c1cc(C(F)(F)F)cs1. The normalized spacial score (nSPS) is 11.6. The summed E-state index contributed by atoms with van der Waals surface area (Å²) in [6.45, 7) is 0. The molecule has 1 heterocycles. The van der Waals surface area contributed by atoms with Crippen LogP contribution in [-0.4, -0.2) is 11.1 Å². The van der Waals surface area contributed by atoms with Gasteiger partial charge in [0, 0.05) is 5.38 Å². The van der Waals surface area contributed by atoms with Gasteiger partial charge in [-0.05, 0) is 6.07 Å². The molecular weight excluding hydrogens is 193 g/mol. The molecular formula is C6H3F3O2S. The number of halogens is 3. The van der Waals surface area contributed by atoms with Crippen LogP contribution < -0.4 is 0 Å². The second-order valence-corrected chi connectivity index (χ2v) is 2.91. The third kappa shape index (κ3) is 1.76. The van der Waals surface area contributed by atoms with Gasteiger partial charge in [-0.25, -0.2) is 4.79 Å². The fraction of sp³-hybridized carbons (Fsp3) is 0.167. The van der Waals surface area contributed by atoms with Gasteiger partial charge in [0.05, 0.1) is 5.56 Å². The Balaban J connectivity index is 3.00. The van der Waals surface area contributed by atoms with Crippen LogP contribution >= 0.6 is 11.3 Å². The van der Waals surface area contributed by atoms with Crippen molar-refractivity contribution in [2.24, 2.45) is 0 Å². The van der Waals surface area contributed by atoms with E-state index in [-0.39, 0.29) is 4.88 Å². The minimum absolute atomic E-state index is 0.303. The number of thiophene rings is 1. The first-order chi connectivity index (χ1) is 5.41. The molecule has 0 amide bonds. The van der Waals surface area contributed by atoms with Gasteiger partial charge in [-0.3, -0.25) is 0 Å². The molecule has 0 aliphatic rings. The standard InChI is InChI=1S/C6H3F3O2S/c7-6(8,9)3-1-4(5(10)11)12-2-3/h1-2H,(H,10,11). The van der Waals surface area contributed by atoms with Gasteiger partial charge in [0.25, 0.3) is 0 Å². The van der Waals surface area contributed by atoms with Crippen molar-refractivity contribution in [1.82, 2.24) is 0 Å². The highest BCUT2D eigenvalue weighted by atomic mass is 32.1. The highest BCUT2D eigenvalue weighted by molar-refractivity contribution is 7.12. The van der Waals surface area contributed by atoms with E-state index in [2.05, 4.69) is 0 Å². The Bertz CT molecular complexity index is 302. The smallest absolute Gasteiger partial charge is 0.417 e. The minimum Gasteiger partial charge on any atom is -0.477 e. The number of carboxylic acids is 1. The van der Waals surface area contributed by atoms with Gasteiger partial charge in [-0.1, -0.05) is 0 Å². The Kier molecular flexibility index (Phi) is 2.10. The summed E-state index contributed by atoms with van der Waals surface area (Å²) in [4.78, 5) is 9.88. The summed E-state index contributed by atoms with van der Waals surface area (Å²) in [7, 11) is 0. The van der Waals surface area contributed by atoms with Crippen LogP contribution in [0.15, 0.2) is 11.4 Å². The lowest BCUT2D eigenvalue weighted by Gasteiger charge is -2.00. The number of hydrogen-bond donors (Lipinski definition) is 1. The molecule has 0 saturated heterocycles. The van der Waals surface area contributed by atoms with Gasteiger partial charge in [0.15, 0.2) is 0 Å². The van der Waals surface area contributed by atoms with E-state index in [1.165, 1.54) is 0 Å². The average Bonchev–Trinajstić information content (AvgIpc) is 2.30. The number of alkyl halides is 3. The summed E-state index contributed by atoms with van der Waals surface area (Å²) in [6.07, 6.45) is -4.45. The first kappa shape index (κ1) is 9.05. The first-order valence-electron chi connectivity index (χ1n) is 2.80. The van der Waals surface area contributed by atoms with Crippen molar-refractivity contribution in [3.63, 3.8) is 0 Å². The number of carbonyl (C=O) groups is 1. The Morgan fingerprint density at radius 2 is 2.08 bits per heavy atom. The van der Waals surface area contributed by atoms with Crippen LogP contribution in [0, 0.1) is 0 Å². The minimum atomic E-state index is -4.45. The van der Waals surface area contributed by atoms with Crippen LogP contribution in [0.1, 0.15) is 15.2 Å². The van der Waals surface area contributed by atoms with Crippen LogP contribution in [0.25, 0.3) is 0 Å². The van der Waals surface area contributed by atoms with Gasteiger partial charge in [-0.2, -0.15) is 13.2 Å². The van der Waals surface area contributed by atoms with Crippen molar-refractivity contribution in [3.05, 3.63) is 21.9 Å². The number of carboxylic acid groups (broad SMARTS) is 1. The van der Waals surface area contributed by atoms with E-state index in [1.807, 2.05) is 0 Å². The zero-order chi connectivity index (χ0) is 9.35. The molecule has 0 unspecified atom stereocenters. The Labute approximate surface area is 69.3 Å². The molecule has 1 N–H and O–H groups in total. The highest BCUT2D eigenvalue weighted by Crippen LogP contribution is 2.32. The number of hydrogen-bond acceptors (Lipinski definition) is 2. The molecule has 1 aromatic rings. The van der Waals surface area contributed by atoms with Gasteiger partial charge < -0.3 is 5.11 Å². The van der Waals surface area contributed by atoms with E-state index in [0.29, 0.717) is 17.4 Å². The molecule has 0 bridgehead atoms. The first-order valence-corrected chi connectivity index (χ1v) is 3.68. The topological polar surface area (TPSA) is 37.3 Å². The monoisotopic (exact) mass is 196 g/mol. The van der Waals surface area contributed by atoms with Crippen molar-refractivity contribution in [2.75, 3.05) is 0 Å². The molecule has 0 radical (unpaired) electrons. The summed E-state index contributed by atoms with van der Waals surface area (Å²) < 4.78 is 35.6. The molecule has 0 fully saturated rings. The molecule has 1 aromatic heterocycles. The molecule has 0 saturated carbocycles. The number of rotatable bonds is 1. The summed E-state index contributed by atoms with van der Waals surface area (Å²) >= 11 is 0.565. The zero-order valence-corrected chi connectivity index (χ0v) is 6.37. The maximum atomic E-state index is 11.9. The average molecular weight is 196 g/mol. The fourth-order valence-corrected chi connectivity index (χ4v) is 1.35. The van der Waals surface area contributed by atoms with E-state index >= 15 is 0 Å². The Morgan fingerprint density at radius 3 is 2.33 bits per heavy atom. The van der Waals surface area contributed by atoms with Gasteiger partial charge >= 0.3 is 12.1 Å². The summed E-state index contributed by atoms with van der Waals surface area (Å²) in [6, 6.07) is 0.618. The zero-order valence-electron chi connectivity index (χ0n) is 5.55. The largest absolute Gasteiger partial charge is 0.477 e. The molecule has 0 spiro atoms. The van der Waals surface area contributed by atoms with Crippen LogP contribution in [-0.2, 0) is 6.18 Å². The third-order valence-electron chi connectivity index (χ3n) is 1.14.